The molecule has 1 fully saturated rings. The summed E-state index contributed by atoms with van der Waals surface area (Å²) in [6.07, 6.45) is 5.47. The predicted molar refractivity (Wildman–Crippen MR) is 59.4 cm³/mol. The van der Waals surface area contributed by atoms with Gasteiger partial charge in [0, 0.05) is 19.3 Å². The Morgan fingerprint density at radius 1 is 1.25 bits per heavy atom. The maximum Gasteiger partial charge on any atom is 0.275 e. The average Bonchev–Trinajstić information content (AvgIpc) is 2.82. The molecule has 3 heterocycles. The van der Waals surface area contributed by atoms with E-state index in [0.717, 1.165) is 13.1 Å². The molecule has 3 rings (SSSR count). The van der Waals surface area contributed by atoms with Crippen LogP contribution in [0.4, 0.5) is 5.95 Å². The van der Waals surface area contributed by atoms with Gasteiger partial charge in [-0.3, -0.25) is 4.79 Å². The molecule has 2 aromatic heterocycles. The van der Waals surface area contributed by atoms with Gasteiger partial charge in [-0.2, -0.15) is 5.10 Å². The maximum atomic E-state index is 11.4. The molecule has 0 saturated carbocycles. The van der Waals surface area contributed by atoms with Gasteiger partial charge < -0.3 is 4.90 Å². The molecule has 1 aliphatic heterocycles. The molecule has 16 heavy (non-hydrogen) atoms. The summed E-state index contributed by atoms with van der Waals surface area (Å²) in [6, 6.07) is 0. The van der Waals surface area contributed by atoms with E-state index in [1.54, 1.807) is 12.4 Å². The van der Waals surface area contributed by atoms with Gasteiger partial charge in [-0.05, 0) is 12.8 Å². The van der Waals surface area contributed by atoms with E-state index in [9.17, 15) is 4.79 Å². The van der Waals surface area contributed by atoms with E-state index in [-0.39, 0.29) is 5.56 Å². The standard InChI is InChI=1S/C10H11N5O/c16-9-7-5-11-10(15-3-1-2-4-15)13-8(7)6-12-14-9/h5-6H,1-4H2,(H,14,16). The monoisotopic (exact) mass is 217 g/mol. The molecular weight excluding hydrogens is 206 g/mol. The number of fused-ring (bicyclic) bond motifs is 1. The lowest BCUT2D eigenvalue weighted by molar-refractivity contribution is 0.902. The number of anilines is 1. The highest BCUT2D eigenvalue weighted by atomic mass is 16.1. The third-order valence-corrected chi connectivity index (χ3v) is 2.79. The molecule has 1 aliphatic rings. The molecule has 6 nitrogen and oxygen atoms in total. The first-order valence-corrected chi connectivity index (χ1v) is 5.30. The lowest BCUT2D eigenvalue weighted by Crippen LogP contribution is -2.21. The van der Waals surface area contributed by atoms with Crippen LogP contribution in [-0.2, 0) is 0 Å². The van der Waals surface area contributed by atoms with Crippen LogP contribution in [0.2, 0.25) is 0 Å². The molecule has 82 valence electrons. The van der Waals surface area contributed by atoms with Crippen molar-refractivity contribution in [3.05, 3.63) is 22.7 Å². The Morgan fingerprint density at radius 2 is 2.06 bits per heavy atom. The first kappa shape index (κ1) is 9.26. The van der Waals surface area contributed by atoms with Gasteiger partial charge in [-0.15, -0.1) is 0 Å². The quantitative estimate of drug-likeness (QED) is 0.744. The molecule has 0 amide bonds. The summed E-state index contributed by atoms with van der Waals surface area (Å²) in [5.41, 5.74) is 0.353. The van der Waals surface area contributed by atoms with Crippen LogP contribution in [0.3, 0.4) is 0 Å². The van der Waals surface area contributed by atoms with Gasteiger partial charge in [0.15, 0.2) is 0 Å². The first-order chi connectivity index (χ1) is 7.84. The van der Waals surface area contributed by atoms with E-state index in [1.807, 2.05) is 0 Å². The third-order valence-electron chi connectivity index (χ3n) is 2.79. The highest BCUT2D eigenvalue weighted by Crippen LogP contribution is 2.16. The summed E-state index contributed by atoms with van der Waals surface area (Å²) in [5, 5.41) is 6.58. The number of aromatic amines is 1. The Balaban J connectivity index is 2.12. The SMILES string of the molecule is O=c1[nH]ncc2nc(N3CCCC3)ncc12. The minimum absolute atomic E-state index is 0.245. The van der Waals surface area contributed by atoms with E-state index in [4.69, 9.17) is 0 Å². The summed E-state index contributed by atoms with van der Waals surface area (Å²) in [7, 11) is 0. The van der Waals surface area contributed by atoms with Crippen molar-refractivity contribution in [3.63, 3.8) is 0 Å². The molecule has 0 aromatic carbocycles. The summed E-state index contributed by atoms with van der Waals surface area (Å²) in [6.45, 7) is 1.98. The first-order valence-electron chi connectivity index (χ1n) is 5.30. The van der Waals surface area contributed by atoms with Crippen LogP contribution in [0.1, 0.15) is 12.8 Å². The predicted octanol–water partition coefficient (Wildman–Crippen LogP) is 0.313. The van der Waals surface area contributed by atoms with Gasteiger partial charge in [0.05, 0.1) is 11.6 Å². The van der Waals surface area contributed by atoms with Crippen LogP contribution < -0.4 is 10.5 Å². The van der Waals surface area contributed by atoms with Crippen molar-refractivity contribution in [2.45, 2.75) is 12.8 Å². The third kappa shape index (κ3) is 1.42. The summed E-state index contributed by atoms with van der Waals surface area (Å²) >= 11 is 0. The van der Waals surface area contributed by atoms with Gasteiger partial charge >= 0.3 is 0 Å². The van der Waals surface area contributed by atoms with Crippen molar-refractivity contribution in [1.82, 2.24) is 20.2 Å². The Bertz CT molecular complexity index is 573. The molecule has 0 radical (unpaired) electrons. The maximum absolute atomic E-state index is 11.4. The van der Waals surface area contributed by atoms with Crippen LogP contribution in [0.5, 0.6) is 0 Å². The summed E-state index contributed by atoms with van der Waals surface area (Å²) < 4.78 is 0. The lowest BCUT2D eigenvalue weighted by atomic mass is 10.3. The van der Waals surface area contributed by atoms with Crippen molar-refractivity contribution in [2.75, 3.05) is 18.0 Å². The Labute approximate surface area is 91.3 Å². The molecule has 1 saturated heterocycles. The zero-order valence-corrected chi connectivity index (χ0v) is 8.68. The molecule has 2 aromatic rings. The average molecular weight is 217 g/mol. The molecule has 0 atom stereocenters. The van der Waals surface area contributed by atoms with Crippen molar-refractivity contribution in [1.29, 1.82) is 0 Å². The van der Waals surface area contributed by atoms with E-state index in [1.165, 1.54) is 12.8 Å². The van der Waals surface area contributed by atoms with Gasteiger partial charge in [0.2, 0.25) is 5.95 Å². The largest absolute Gasteiger partial charge is 0.341 e. The second-order valence-corrected chi connectivity index (χ2v) is 3.86. The second kappa shape index (κ2) is 3.55. The van der Waals surface area contributed by atoms with E-state index in [2.05, 4.69) is 25.1 Å². The van der Waals surface area contributed by atoms with Crippen molar-refractivity contribution in [2.24, 2.45) is 0 Å². The molecule has 6 heteroatoms. The Kier molecular flexibility index (Phi) is 2.05. The number of nitrogens with zero attached hydrogens (tertiary/aromatic N) is 4. The highest BCUT2D eigenvalue weighted by Gasteiger charge is 2.15. The fourth-order valence-electron chi connectivity index (χ4n) is 1.94. The van der Waals surface area contributed by atoms with Crippen LogP contribution >= 0.6 is 0 Å². The Morgan fingerprint density at radius 3 is 2.88 bits per heavy atom. The number of nitrogens with one attached hydrogen (secondary N) is 1. The van der Waals surface area contributed by atoms with Crippen molar-refractivity contribution < 1.29 is 0 Å². The topological polar surface area (TPSA) is 74.8 Å². The molecule has 0 bridgehead atoms. The summed E-state index contributed by atoms with van der Waals surface area (Å²) in [4.78, 5) is 22.1. The fraction of sp³-hybridized carbons (Fsp3) is 0.400. The summed E-state index contributed by atoms with van der Waals surface area (Å²) in [5.74, 6) is 0.692. The molecule has 1 N–H and O–H groups in total. The van der Waals surface area contributed by atoms with Gasteiger partial charge in [0.1, 0.15) is 5.52 Å². The number of H-pyrrole nitrogens is 1. The zero-order valence-electron chi connectivity index (χ0n) is 8.68. The van der Waals surface area contributed by atoms with Gasteiger partial charge in [-0.25, -0.2) is 15.1 Å². The number of hydrogen-bond acceptors (Lipinski definition) is 5. The normalized spacial score (nSPS) is 15.9. The lowest BCUT2D eigenvalue weighted by Gasteiger charge is -2.14. The Hall–Kier alpha value is -1.98. The zero-order chi connectivity index (χ0) is 11.0. The number of hydrogen-bond donors (Lipinski definition) is 1. The van der Waals surface area contributed by atoms with Gasteiger partial charge in [-0.1, -0.05) is 0 Å². The van der Waals surface area contributed by atoms with Crippen LogP contribution in [0.25, 0.3) is 10.9 Å². The molecule has 0 unspecified atom stereocenters. The van der Waals surface area contributed by atoms with E-state index < -0.39 is 0 Å². The number of aromatic nitrogens is 4. The van der Waals surface area contributed by atoms with Crippen LogP contribution in [0.15, 0.2) is 17.2 Å². The van der Waals surface area contributed by atoms with E-state index >= 15 is 0 Å². The van der Waals surface area contributed by atoms with Crippen molar-refractivity contribution >= 4 is 16.9 Å². The fourth-order valence-corrected chi connectivity index (χ4v) is 1.94. The minimum Gasteiger partial charge on any atom is -0.341 e. The van der Waals surface area contributed by atoms with Gasteiger partial charge in [0.25, 0.3) is 5.56 Å². The smallest absolute Gasteiger partial charge is 0.275 e. The number of rotatable bonds is 1. The van der Waals surface area contributed by atoms with E-state index in [0.29, 0.717) is 16.9 Å². The second-order valence-electron chi connectivity index (χ2n) is 3.86. The molecular formula is C10H11N5O. The molecule has 0 spiro atoms. The highest BCUT2D eigenvalue weighted by molar-refractivity contribution is 5.76. The minimum atomic E-state index is -0.245. The molecule has 0 aliphatic carbocycles. The van der Waals surface area contributed by atoms with Crippen LogP contribution in [-0.4, -0.2) is 33.3 Å². The van der Waals surface area contributed by atoms with Crippen molar-refractivity contribution in [3.8, 4) is 0 Å². The van der Waals surface area contributed by atoms with Crippen LogP contribution in [0, 0.1) is 0 Å².